The minimum Gasteiger partial charge on any atom is -0.294 e. The van der Waals surface area contributed by atoms with E-state index < -0.39 is 11.3 Å². The zero-order chi connectivity index (χ0) is 15.1. The monoisotopic (exact) mass is 305 g/mol. The molecule has 0 aliphatic rings. The van der Waals surface area contributed by atoms with Crippen LogP contribution in [0.25, 0.3) is 0 Å². The molecule has 4 heteroatoms. The van der Waals surface area contributed by atoms with Crippen molar-refractivity contribution in [2.24, 2.45) is 0 Å². The molecular formula is C16H35NO2S. The molecule has 0 bridgehead atoms. The Balaban J connectivity index is 3.34. The first-order chi connectivity index (χ1) is 9.72. The highest BCUT2D eigenvalue weighted by atomic mass is 32.2. The third-order valence-electron chi connectivity index (χ3n) is 3.74. The van der Waals surface area contributed by atoms with E-state index in [9.17, 15) is 8.76 Å². The van der Waals surface area contributed by atoms with Crippen molar-refractivity contribution in [1.82, 2.24) is 4.31 Å². The highest BCUT2D eigenvalue weighted by Gasteiger charge is 2.09. The van der Waals surface area contributed by atoms with Crippen molar-refractivity contribution in [3.05, 3.63) is 0 Å². The minimum absolute atomic E-state index is 0.747. The topological polar surface area (TPSA) is 40.5 Å². The molecule has 0 spiro atoms. The predicted molar refractivity (Wildman–Crippen MR) is 89.1 cm³/mol. The SMILES string of the molecule is CCCCCCCCCCCCN(CCCC)S(=O)O. The summed E-state index contributed by atoms with van der Waals surface area (Å²) in [5.74, 6) is 0. The van der Waals surface area contributed by atoms with Gasteiger partial charge in [-0.3, -0.25) is 4.55 Å². The van der Waals surface area contributed by atoms with Gasteiger partial charge in [0, 0.05) is 13.1 Å². The third kappa shape index (κ3) is 13.1. The predicted octanol–water partition coefficient (Wildman–Crippen LogP) is 5.15. The van der Waals surface area contributed by atoms with Crippen LogP contribution in [0.2, 0.25) is 0 Å². The maximum absolute atomic E-state index is 11.1. The van der Waals surface area contributed by atoms with Gasteiger partial charge in [-0.25, -0.2) is 8.51 Å². The van der Waals surface area contributed by atoms with E-state index in [0.717, 1.165) is 32.4 Å². The molecule has 1 N–H and O–H groups in total. The molecule has 0 aliphatic carbocycles. The lowest BCUT2D eigenvalue weighted by Crippen LogP contribution is -2.27. The first-order valence-corrected chi connectivity index (χ1v) is 9.64. The Morgan fingerprint density at radius 2 is 1.10 bits per heavy atom. The van der Waals surface area contributed by atoms with Crippen LogP contribution in [0.1, 0.15) is 90.9 Å². The second-order valence-electron chi connectivity index (χ2n) is 5.70. The summed E-state index contributed by atoms with van der Waals surface area (Å²) in [5, 5.41) is 0. The summed E-state index contributed by atoms with van der Waals surface area (Å²) in [6.07, 6.45) is 15.1. The Kier molecular flexibility index (Phi) is 15.5. The fourth-order valence-electron chi connectivity index (χ4n) is 2.38. The smallest absolute Gasteiger partial charge is 0.234 e. The van der Waals surface area contributed by atoms with Gasteiger partial charge in [0.15, 0.2) is 0 Å². The summed E-state index contributed by atoms with van der Waals surface area (Å²) >= 11 is -1.79. The van der Waals surface area contributed by atoms with Crippen molar-refractivity contribution in [3.8, 4) is 0 Å². The number of unbranched alkanes of at least 4 members (excludes halogenated alkanes) is 10. The lowest BCUT2D eigenvalue weighted by Gasteiger charge is -2.16. The van der Waals surface area contributed by atoms with Gasteiger partial charge < -0.3 is 0 Å². The van der Waals surface area contributed by atoms with Gasteiger partial charge in [-0.1, -0.05) is 78.1 Å². The molecular weight excluding hydrogens is 270 g/mol. The van der Waals surface area contributed by atoms with Crippen LogP contribution >= 0.6 is 0 Å². The van der Waals surface area contributed by atoms with E-state index in [-0.39, 0.29) is 0 Å². The highest BCUT2D eigenvalue weighted by molar-refractivity contribution is 7.76. The van der Waals surface area contributed by atoms with Crippen molar-refractivity contribution in [3.63, 3.8) is 0 Å². The van der Waals surface area contributed by atoms with E-state index >= 15 is 0 Å². The van der Waals surface area contributed by atoms with Crippen molar-refractivity contribution >= 4 is 11.3 Å². The summed E-state index contributed by atoms with van der Waals surface area (Å²) in [6, 6.07) is 0. The van der Waals surface area contributed by atoms with Gasteiger partial charge in [-0.2, -0.15) is 0 Å². The van der Waals surface area contributed by atoms with Crippen LogP contribution in [-0.2, 0) is 11.3 Å². The first-order valence-electron chi connectivity index (χ1n) is 8.58. The van der Waals surface area contributed by atoms with E-state index in [4.69, 9.17) is 0 Å². The normalized spacial score (nSPS) is 13.0. The molecule has 0 aromatic carbocycles. The second kappa shape index (κ2) is 15.5. The molecule has 0 fully saturated rings. The van der Waals surface area contributed by atoms with Crippen LogP contribution in [0.15, 0.2) is 0 Å². The average Bonchev–Trinajstić information content (AvgIpc) is 2.43. The van der Waals surface area contributed by atoms with Gasteiger partial charge in [0.2, 0.25) is 11.3 Å². The third-order valence-corrected chi connectivity index (χ3v) is 4.55. The van der Waals surface area contributed by atoms with E-state index in [0.29, 0.717) is 0 Å². The standard InChI is InChI=1S/C16H35NO2S/c1-3-5-7-8-9-10-11-12-13-14-16-17(20(18)19)15-6-4-2/h3-16H2,1-2H3,(H,18,19). The van der Waals surface area contributed by atoms with Crippen molar-refractivity contribution in [2.75, 3.05) is 13.1 Å². The Bertz CT molecular complexity index is 225. The largest absolute Gasteiger partial charge is 0.294 e. The van der Waals surface area contributed by atoms with Crippen LogP contribution < -0.4 is 0 Å². The molecule has 0 saturated heterocycles. The molecule has 0 aromatic rings. The fraction of sp³-hybridized carbons (Fsp3) is 1.00. The molecule has 0 rings (SSSR count). The van der Waals surface area contributed by atoms with Gasteiger partial charge in [-0.05, 0) is 12.8 Å². The molecule has 0 heterocycles. The van der Waals surface area contributed by atoms with Gasteiger partial charge in [0.25, 0.3) is 0 Å². The summed E-state index contributed by atoms with van der Waals surface area (Å²) in [7, 11) is 0. The summed E-state index contributed by atoms with van der Waals surface area (Å²) in [5.41, 5.74) is 0. The molecule has 0 amide bonds. The minimum atomic E-state index is -1.79. The summed E-state index contributed by atoms with van der Waals surface area (Å²) < 4.78 is 22.0. The van der Waals surface area contributed by atoms with Gasteiger partial charge >= 0.3 is 0 Å². The van der Waals surface area contributed by atoms with E-state index in [2.05, 4.69) is 13.8 Å². The molecule has 0 saturated carbocycles. The van der Waals surface area contributed by atoms with Crippen LogP contribution in [0.5, 0.6) is 0 Å². The van der Waals surface area contributed by atoms with Crippen LogP contribution in [0.3, 0.4) is 0 Å². The number of nitrogens with zero attached hydrogens (tertiary/aromatic N) is 1. The van der Waals surface area contributed by atoms with E-state index in [1.807, 2.05) is 0 Å². The molecule has 3 nitrogen and oxygen atoms in total. The van der Waals surface area contributed by atoms with Gasteiger partial charge in [-0.15, -0.1) is 0 Å². The summed E-state index contributed by atoms with van der Waals surface area (Å²) in [6.45, 7) is 5.87. The van der Waals surface area contributed by atoms with Crippen LogP contribution in [0, 0.1) is 0 Å². The Morgan fingerprint density at radius 1 is 0.700 bits per heavy atom. The highest BCUT2D eigenvalue weighted by Crippen LogP contribution is 2.11. The molecule has 1 atom stereocenters. The Hall–Kier alpha value is 0.0700. The maximum Gasteiger partial charge on any atom is 0.234 e. The zero-order valence-corrected chi connectivity index (χ0v) is 14.4. The Morgan fingerprint density at radius 3 is 1.55 bits per heavy atom. The molecule has 0 aromatic heterocycles. The second-order valence-corrected chi connectivity index (χ2v) is 6.67. The van der Waals surface area contributed by atoms with Crippen molar-refractivity contribution in [1.29, 1.82) is 0 Å². The van der Waals surface area contributed by atoms with E-state index in [1.165, 1.54) is 57.8 Å². The maximum atomic E-state index is 11.1. The van der Waals surface area contributed by atoms with Crippen LogP contribution in [0.4, 0.5) is 0 Å². The lowest BCUT2D eigenvalue weighted by atomic mass is 10.1. The van der Waals surface area contributed by atoms with Crippen molar-refractivity contribution in [2.45, 2.75) is 90.9 Å². The van der Waals surface area contributed by atoms with Gasteiger partial charge in [0.05, 0.1) is 0 Å². The zero-order valence-electron chi connectivity index (χ0n) is 13.6. The Labute approximate surface area is 128 Å². The lowest BCUT2D eigenvalue weighted by molar-refractivity contribution is 0.377. The molecule has 122 valence electrons. The van der Waals surface area contributed by atoms with Crippen molar-refractivity contribution < 1.29 is 8.76 Å². The van der Waals surface area contributed by atoms with E-state index in [1.54, 1.807) is 4.31 Å². The number of rotatable bonds is 15. The number of hydrogen-bond acceptors (Lipinski definition) is 1. The molecule has 20 heavy (non-hydrogen) atoms. The molecule has 1 unspecified atom stereocenters. The molecule has 0 radical (unpaired) electrons. The summed E-state index contributed by atoms with van der Waals surface area (Å²) in [4.78, 5) is 0. The van der Waals surface area contributed by atoms with Gasteiger partial charge in [0.1, 0.15) is 0 Å². The first kappa shape index (κ1) is 20.1. The molecule has 0 aliphatic heterocycles. The number of hydrogen-bond donors (Lipinski definition) is 1. The van der Waals surface area contributed by atoms with Crippen LogP contribution in [-0.4, -0.2) is 26.2 Å². The quantitative estimate of drug-likeness (QED) is 0.336. The average molecular weight is 306 g/mol. The fourth-order valence-corrected chi connectivity index (χ4v) is 2.95.